The van der Waals surface area contributed by atoms with Crippen molar-refractivity contribution in [1.29, 1.82) is 0 Å². The highest BCUT2D eigenvalue weighted by molar-refractivity contribution is 5.36. The minimum absolute atomic E-state index is 0.747. The van der Waals surface area contributed by atoms with Crippen LogP contribution in [0, 0.1) is 13.8 Å². The minimum atomic E-state index is 0.747. The molecule has 0 spiro atoms. The molecule has 0 radical (unpaired) electrons. The number of nitrogens with zero attached hydrogens (tertiary/aromatic N) is 4. The molecular weight excluding hydrogens is 214 g/mol. The Morgan fingerprint density at radius 1 is 1.29 bits per heavy atom. The maximum absolute atomic E-state index is 4.48. The van der Waals surface area contributed by atoms with Crippen LogP contribution in [0.5, 0.6) is 0 Å². The Morgan fingerprint density at radius 2 is 2.12 bits per heavy atom. The molecule has 90 valence electrons. The predicted octanol–water partition coefficient (Wildman–Crippen LogP) is 2.10. The van der Waals surface area contributed by atoms with E-state index in [4.69, 9.17) is 0 Å². The Labute approximate surface area is 101 Å². The number of rotatable bonds is 4. The topological polar surface area (TPSA) is 55.6 Å². The molecule has 2 aromatic rings. The van der Waals surface area contributed by atoms with E-state index in [-0.39, 0.29) is 0 Å². The first-order valence-corrected chi connectivity index (χ1v) is 5.80. The summed E-state index contributed by atoms with van der Waals surface area (Å²) in [6, 6.07) is 2.02. The van der Waals surface area contributed by atoms with Gasteiger partial charge in [-0.05, 0) is 26.3 Å². The van der Waals surface area contributed by atoms with E-state index in [9.17, 15) is 0 Å². The van der Waals surface area contributed by atoms with Crippen molar-refractivity contribution in [2.75, 3.05) is 11.9 Å². The van der Waals surface area contributed by atoms with E-state index < -0.39 is 0 Å². The molecule has 0 fully saturated rings. The maximum Gasteiger partial charge on any atom is 0.174 e. The first-order valence-electron chi connectivity index (χ1n) is 5.80. The lowest BCUT2D eigenvalue weighted by atomic mass is 10.4. The Kier molecular flexibility index (Phi) is 3.37. The average molecular weight is 231 g/mol. The van der Waals surface area contributed by atoms with Crippen molar-refractivity contribution in [2.24, 2.45) is 0 Å². The van der Waals surface area contributed by atoms with Gasteiger partial charge >= 0.3 is 0 Å². The molecule has 17 heavy (non-hydrogen) atoms. The number of hydrogen-bond acceptors (Lipinski definition) is 4. The second-order valence-corrected chi connectivity index (χ2v) is 4.03. The van der Waals surface area contributed by atoms with Gasteiger partial charge in [0, 0.05) is 12.2 Å². The molecule has 0 amide bonds. The third-order valence-corrected chi connectivity index (χ3v) is 2.40. The summed E-state index contributed by atoms with van der Waals surface area (Å²) in [5.74, 6) is 1.54. The third kappa shape index (κ3) is 2.61. The van der Waals surface area contributed by atoms with Gasteiger partial charge in [-0.25, -0.2) is 9.67 Å². The molecule has 1 N–H and O–H groups in total. The van der Waals surface area contributed by atoms with E-state index in [1.807, 2.05) is 19.9 Å². The molecule has 0 saturated heterocycles. The lowest BCUT2D eigenvalue weighted by molar-refractivity contribution is 0.798. The van der Waals surface area contributed by atoms with Crippen LogP contribution in [0.25, 0.3) is 5.82 Å². The lowest BCUT2D eigenvalue weighted by Crippen LogP contribution is -2.07. The molecule has 0 aliphatic heterocycles. The van der Waals surface area contributed by atoms with E-state index in [1.54, 1.807) is 17.1 Å². The summed E-state index contributed by atoms with van der Waals surface area (Å²) in [4.78, 5) is 8.66. The van der Waals surface area contributed by atoms with Gasteiger partial charge in [0.2, 0.25) is 0 Å². The monoisotopic (exact) mass is 231 g/mol. The summed E-state index contributed by atoms with van der Waals surface area (Å²) in [5, 5.41) is 7.60. The predicted molar refractivity (Wildman–Crippen MR) is 67.4 cm³/mol. The Morgan fingerprint density at radius 3 is 2.76 bits per heavy atom. The van der Waals surface area contributed by atoms with Gasteiger partial charge in [-0.2, -0.15) is 5.10 Å². The molecule has 2 aromatic heterocycles. The molecule has 2 rings (SSSR count). The molecular formula is C12H17N5. The largest absolute Gasteiger partial charge is 0.369 e. The van der Waals surface area contributed by atoms with Gasteiger partial charge in [-0.1, -0.05) is 6.92 Å². The lowest BCUT2D eigenvalue weighted by Gasteiger charge is -2.06. The van der Waals surface area contributed by atoms with E-state index in [0.717, 1.165) is 36.0 Å². The molecule has 0 saturated carbocycles. The van der Waals surface area contributed by atoms with Gasteiger partial charge in [0.15, 0.2) is 5.82 Å². The SMILES string of the molecule is CCCNc1cncc(-n2nc(C)cc2C)n1. The summed E-state index contributed by atoms with van der Waals surface area (Å²) in [6.45, 7) is 6.99. The Hall–Kier alpha value is -1.91. The van der Waals surface area contributed by atoms with Crippen LogP contribution in [-0.4, -0.2) is 26.3 Å². The van der Waals surface area contributed by atoms with Crippen LogP contribution in [0.4, 0.5) is 5.82 Å². The van der Waals surface area contributed by atoms with E-state index in [1.165, 1.54) is 0 Å². The van der Waals surface area contributed by atoms with Gasteiger partial charge in [-0.3, -0.25) is 4.98 Å². The van der Waals surface area contributed by atoms with Gasteiger partial charge in [0.1, 0.15) is 5.82 Å². The summed E-state index contributed by atoms with van der Waals surface area (Å²) < 4.78 is 1.81. The number of aryl methyl sites for hydroxylation is 2. The maximum atomic E-state index is 4.48. The van der Waals surface area contributed by atoms with Gasteiger partial charge in [-0.15, -0.1) is 0 Å². The number of anilines is 1. The summed E-state index contributed by atoms with van der Waals surface area (Å²) in [6.07, 6.45) is 4.51. The first kappa shape index (κ1) is 11.6. The molecule has 0 bridgehead atoms. The summed E-state index contributed by atoms with van der Waals surface area (Å²) in [7, 11) is 0. The fourth-order valence-corrected chi connectivity index (χ4v) is 1.66. The smallest absolute Gasteiger partial charge is 0.174 e. The average Bonchev–Trinajstić information content (AvgIpc) is 2.66. The normalized spacial score (nSPS) is 10.5. The van der Waals surface area contributed by atoms with E-state index in [2.05, 4.69) is 27.3 Å². The van der Waals surface area contributed by atoms with E-state index in [0.29, 0.717) is 0 Å². The minimum Gasteiger partial charge on any atom is -0.369 e. The zero-order chi connectivity index (χ0) is 12.3. The standard InChI is InChI=1S/C12H17N5/c1-4-5-14-11-7-13-8-12(15-11)17-10(3)6-9(2)16-17/h6-8H,4-5H2,1-3H3,(H,14,15). The fourth-order valence-electron chi connectivity index (χ4n) is 1.66. The second-order valence-electron chi connectivity index (χ2n) is 4.03. The van der Waals surface area contributed by atoms with Crippen molar-refractivity contribution in [3.63, 3.8) is 0 Å². The van der Waals surface area contributed by atoms with Gasteiger partial charge in [0.25, 0.3) is 0 Å². The Bertz CT molecular complexity index is 503. The third-order valence-electron chi connectivity index (χ3n) is 2.40. The first-order chi connectivity index (χ1) is 8.20. The molecule has 0 atom stereocenters. The van der Waals surface area contributed by atoms with Crippen molar-refractivity contribution < 1.29 is 0 Å². The highest BCUT2D eigenvalue weighted by atomic mass is 15.3. The zero-order valence-electron chi connectivity index (χ0n) is 10.4. The van der Waals surface area contributed by atoms with Crippen molar-refractivity contribution in [3.05, 3.63) is 29.8 Å². The molecule has 5 nitrogen and oxygen atoms in total. The second kappa shape index (κ2) is 4.95. The molecule has 0 aromatic carbocycles. The van der Waals surface area contributed by atoms with Crippen LogP contribution < -0.4 is 5.32 Å². The van der Waals surface area contributed by atoms with Gasteiger partial charge < -0.3 is 5.32 Å². The molecule has 0 aliphatic carbocycles. The number of nitrogens with one attached hydrogen (secondary N) is 1. The van der Waals surface area contributed by atoms with Crippen molar-refractivity contribution >= 4 is 5.82 Å². The van der Waals surface area contributed by atoms with Crippen molar-refractivity contribution in [1.82, 2.24) is 19.7 Å². The number of hydrogen-bond donors (Lipinski definition) is 1. The molecule has 0 aliphatic rings. The quantitative estimate of drug-likeness (QED) is 0.875. The number of aromatic nitrogens is 4. The van der Waals surface area contributed by atoms with Crippen molar-refractivity contribution in [2.45, 2.75) is 27.2 Å². The zero-order valence-corrected chi connectivity index (χ0v) is 10.4. The van der Waals surface area contributed by atoms with Crippen molar-refractivity contribution in [3.8, 4) is 5.82 Å². The molecule has 5 heteroatoms. The highest BCUT2D eigenvalue weighted by Crippen LogP contribution is 2.10. The fraction of sp³-hybridized carbons (Fsp3) is 0.417. The van der Waals surface area contributed by atoms with Gasteiger partial charge in [0.05, 0.1) is 18.1 Å². The van der Waals surface area contributed by atoms with E-state index >= 15 is 0 Å². The highest BCUT2D eigenvalue weighted by Gasteiger charge is 2.05. The van der Waals surface area contributed by atoms with Crippen LogP contribution in [0.2, 0.25) is 0 Å². The summed E-state index contributed by atoms with van der Waals surface area (Å²) >= 11 is 0. The molecule has 2 heterocycles. The van der Waals surface area contributed by atoms with Crippen LogP contribution in [-0.2, 0) is 0 Å². The van der Waals surface area contributed by atoms with Crippen LogP contribution in [0.1, 0.15) is 24.7 Å². The van der Waals surface area contributed by atoms with Crippen LogP contribution >= 0.6 is 0 Å². The summed E-state index contributed by atoms with van der Waals surface area (Å²) in [5.41, 5.74) is 2.04. The molecule has 0 unspecified atom stereocenters. The van der Waals surface area contributed by atoms with Crippen LogP contribution in [0.3, 0.4) is 0 Å². The van der Waals surface area contributed by atoms with Crippen LogP contribution in [0.15, 0.2) is 18.5 Å². The Balaban J connectivity index is 2.29.